The van der Waals surface area contributed by atoms with Gasteiger partial charge in [-0.05, 0) is 20.3 Å². The van der Waals surface area contributed by atoms with Crippen LogP contribution in [0, 0.1) is 5.92 Å². The van der Waals surface area contributed by atoms with E-state index in [2.05, 4.69) is 10.4 Å². The Morgan fingerprint density at radius 3 is 2.83 bits per heavy atom. The molecule has 1 rings (SSSR count). The number of aliphatic imine (C=N–C) groups is 1. The summed E-state index contributed by atoms with van der Waals surface area (Å²) in [7, 11) is 0. The average molecular weight is 171 g/mol. The lowest BCUT2D eigenvalue weighted by molar-refractivity contribution is 0.192. The Bertz CT molecular complexity index is 162. The molecule has 12 heavy (non-hydrogen) atoms. The monoisotopic (exact) mass is 171 g/mol. The number of nitrogens with zero attached hydrogens (tertiary/aromatic N) is 1. The van der Waals surface area contributed by atoms with E-state index in [1.165, 1.54) is 0 Å². The number of ether oxygens (including phenoxy) is 1. The molecule has 1 heterocycles. The molecule has 0 radical (unpaired) electrons. The molecule has 0 spiro atoms. The standard InChI is InChI=1S/C8H17N3O/c1-6(2)10-8(11-9)7-3-4-12-5-7/h6-7H,3-5,9H2,1-2H3,(H,10,11). The van der Waals surface area contributed by atoms with E-state index in [0.29, 0.717) is 5.92 Å². The number of rotatable bonds is 2. The molecule has 0 saturated carbocycles. The molecule has 4 nitrogen and oxygen atoms in total. The van der Waals surface area contributed by atoms with Crippen LogP contribution < -0.4 is 11.3 Å². The minimum Gasteiger partial charge on any atom is -0.381 e. The highest BCUT2D eigenvalue weighted by Crippen LogP contribution is 2.13. The summed E-state index contributed by atoms with van der Waals surface area (Å²) < 4.78 is 5.25. The summed E-state index contributed by atoms with van der Waals surface area (Å²) in [5.41, 5.74) is 2.65. The zero-order chi connectivity index (χ0) is 8.97. The van der Waals surface area contributed by atoms with Gasteiger partial charge >= 0.3 is 0 Å². The Kier molecular flexibility index (Phi) is 3.49. The molecule has 4 heteroatoms. The van der Waals surface area contributed by atoms with Gasteiger partial charge in [-0.3, -0.25) is 4.99 Å². The zero-order valence-corrected chi connectivity index (χ0v) is 7.71. The Morgan fingerprint density at radius 2 is 2.42 bits per heavy atom. The lowest BCUT2D eigenvalue weighted by atomic mass is 10.1. The molecule has 1 aliphatic rings. The van der Waals surface area contributed by atoms with Crippen molar-refractivity contribution in [2.45, 2.75) is 26.3 Å². The first-order valence-electron chi connectivity index (χ1n) is 4.36. The lowest BCUT2D eigenvalue weighted by Gasteiger charge is -2.12. The highest BCUT2D eigenvalue weighted by atomic mass is 16.5. The maximum atomic E-state index is 5.36. The van der Waals surface area contributed by atoms with E-state index in [1.54, 1.807) is 0 Å². The van der Waals surface area contributed by atoms with E-state index in [4.69, 9.17) is 10.6 Å². The third-order valence-electron chi connectivity index (χ3n) is 1.86. The first-order chi connectivity index (χ1) is 5.74. The van der Waals surface area contributed by atoms with Crippen molar-refractivity contribution in [3.63, 3.8) is 0 Å². The predicted octanol–water partition coefficient (Wildman–Crippen LogP) is 0.293. The molecule has 0 aliphatic carbocycles. The van der Waals surface area contributed by atoms with Crippen LogP contribution in [0.5, 0.6) is 0 Å². The molecule has 1 fully saturated rings. The quantitative estimate of drug-likeness (QED) is 0.272. The summed E-state index contributed by atoms with van der Waals surface area (Å²) in [5, 5.41) is 0. The van der Waals surface area contributed by atoms with Crippen molar-refractivity contribution in [2.75, 3.05) is 13.2 Å². The van der Waals surface area contributed by atoms with E-state index in [0.717, 1.165) is 25.5 Å². The summed E-state index contributed by atoms with van der Waals surface area (Å²) in [6.07, 6.45) is 1.02. The van der Waals surface area contributed by atoms with Gasteiger partial charge in [0.05, 0.1) is 6.61 Å². The second kappa shape index (κ2) is 4.42. The van der Waals surface area contributed by atoms with Crippen LogP contribution >= 0.6 is 0 Å². The molecule has 70 valence electrons. The SMILES string of the molecule is CC(C)N=C(NN)C1CCOC1. The predicted molar refractivity (Wildman–Crippen MR) is 48.8 cm³/mol. The molecule has 0 aromatic carbocycles. The van der Waals surface area contributed by atoms with Crippen LogP contribution in [0.1, 0.15) is 20.3 Å². The van der Waals surface area contributed by atoms with Crippen molar-refractivity contribution in [3.8, 4) is 0 Å². The third-order valence-corrected chi connectivity index (χ3v) is 1.86. The number of hydrogen-bond acceptors (Lipinski definition) is 3. The van der Waals surface area contributed by atoms with Crippen LogP contribution in [0.3, 0.4) is 0 Å². The highest BCUT2D eigenvalue weighted by Gasteiger charge is 2.20. The van der Waals surface area contributed by atoms with Gasteiger partial charge in [-0.15, -0.1) is 0 Å². The van der Waals surface area contributed by atoms with Crippen molar-refractivity contribution in [1.29, 1.82) is 0 Å². The Balaban J connectivity index is 2.54. The number of hydrogen-bond donors (Lipinski definition) is 2. The molecule has 1 atom stereocenters. The third kappa shape index (κ3) is 2.46. The van der Waals surface area contributed by atoms with Crippen molar-refractivity contribution < 1.29 is 4.74 Å². The van der Waals surface area contributed by atoms with Crippen LogP contribution in [-0.4, -0.2) is 25.1 Å². The molecule has 3 N–H and O–H groups in total. The molecular weight excluding hydrogens is 154 g/mol. The molecule has 1 unspecified atom stereocenters. The van der Waals surface area contributed by atoms with E-state index in [9.17, 15) is 0 Å². The molecule has 0 aromatic heterocycles. The van der Waals surface area contributed by atoms with Gasteiger partial charge in [0.15, 0.2) is 0 Å². The van der Waals surface area contributed by atoms with Crippen molar-refractivity contribution in [2.24, 2.45) is 16.8 Å². The largest absolute Gasteiger partial charge is 0.381 e. The molecule has 1 aliphatic heterocycles. The van der Waals surface area contributed by atoms with Gasteiger partial charge in [-0.25, -0.2) is 5.84 Å². The topological polar surface area (TPSA) is 59.6 Å². The molecule has 0 bridgehead atoms. The second-order valence-corrected chi connectivity index (χ2v) is 3.31. The summed E-state index contributed by atoms with van der Waals surface area (Å²) in [5.74, 6) is 6.61. The van der Waals surface area contributed by atoms with Crippen molar-refractivity contribution >= 4 is 5.84 Å². The Hall–Kier alpha value is -0.610. The zero-order valence-electron chi connectivity index (χ0n) is 7.71. The maximum Gasteiger partial charge on any atom is 0.116 e. The average Bonchev–Trinajstić information content (AvgIpc) is 2.51. The highest BCUT2D eigenvalue weighted by molar-refractivity contribution is 5.84. The number of amidine groups is 1. The Labute approximate surface area is 73.2 Å². The van der Waals surface area contributed by atoms with Crippen LogP contribution in [0.25, 0.3) is 0 Å². The van der Waals surface area contributed by atoms with E-state index in [1.807, 2.05) is 13.8 Å². The summed E-state index contributed by atoms with van der Waals surface area (Å²) in [6, 6.07) is 0.289. The lowest BCUT2D eigenvalue weighted by Crippen LogP contribution is -2.37. The smallest absolute Gasteiger partial charge is 0.116 e. The van der Waals surface area contributed by atoms with E-state index >= 15 is 0 Å². The number of nitrogens with two attached hydrogens (primary N) is 1. The second-order valence-electron chi connectivity index (χ2n) is 3.31. The first-order valence-corrected chi connectivity index (χ1v) is 4.36. The van der Waals surface area contributed by atoms with Gasteiger partial charge in [0.2, 0.25) is 0 Å². The van der Waals surface area contributed by atoms with Gasteiger partial charge in [-0.2, -0.15) is 0 Å². The summed E-state index contributed by atoms with van der Waals surface area (Å²) >= 11 is 0. The molecule has 0 amide bonds. The molecular formula is C8H17N3O. The number of nitrogens with one attached hydrogen (secondary N) is 1. The van der Waals surface area contributed by atoms with Crippen LogP contribution in [-0.2, 0) is 4.74 Å². The van der Waals surface area contributed by atoms with Crippen molar-refractivity contribution in [3.05, 3.63) is 0 Å². The van der Waals surface area contributed by atoms with Crippen LogP contribution in [0.4, 0.5) is 0 Å². The fourth-order valence-corrected chi connectivity index (χ4v) is 1.29. The van der Waals surface area contributed by atoms with Gasteiger partial charge in [0.25, 0.3) is 0 Å². The first kappa shape index (κ1) is 9.48. The molecule has 0 aromatic rings. The van der Waals surface area contributed by atoms with E-state index < -0.39 is 0 Å². The van der Waals surface area contributed by atoms with Crippen molar-refractivity contribution in [1.82, 2.24) is 5.43 Å². The maximum absolute atomic E-state index is 5.36. The Morgan fingerprint density at radius 1 is 1.67 bits per heavy atom. The normalized spacial score (nSPS) is 25.0. The van der Waals surface area contributed by atoms with Crippen LogP contribution in [0.15, 0.2) is 4.99 Å². The molecule has 1 saturated heterocycles. The minimum atomic E-state index is 0.289. The summed E-state index contributed by atoms with van der Waals surface area (Å²) in [4.78, 5) is 4.38. The fraction of sp³-hybridized carbons (Fsp3) is 0.875. The van der Waals surface area contributed by atoms with Gasteiger partial charge < -0.3 is 10.2 Å². The minimum absolute atomic E-state index is 0.289. The van der Waals surface area contributed by atoms with E-state index in [-0.39, 0.29) is 6.04 Å². The summed E-state index contributed by atoms with van der Waals surface area (Å²) in [6.45, 7) is 5.64. The van der Waals surface area contributed by atoms with Crippen LogP contribution in [0.2, 0.25) is 0 Å². The fourth-order valence-electron chi connectivity index (χ4n) is 1.29. The van der Waals surface area contributed by atoms with Gasteiger partial charge in [0.1, 0.15) is 5.84 Å². The van der Waals surface area contributed by atoms with Gasteiger partial charge in [0, 0.05) is 18.6 Å². The van der Waals surface area contributed by atoms with Gasteiger partial charge in [-0.1, -0.05) is 0 Å². The number of hydrazine groups is 1.